The second-order valence-electron chi connectivity index (χ2n) is 7.54. The van der Waals surface area contributed by atoms with Gasteiger partial charge < -0.3 is 19.3 Å². The van der Waals surface area contributed by atoms with Crippen LogP contribution < -0.4 is 10.4 Å². The van der Waals surface area contributed by atoms with Gasteiger partial charge in [-0.25, -0.2) is 4.79 Å². The average molecular weight is 410 g/mol. The molecule has 30 heavy (non-hydrogen) atoms. The van der Waals surface area contributed by atoms with Crippen molar-refractivity contribution >= 4 is 0 Å². The number of rotatable bonds is 5. The third-order valence-corrected chi connectivity index (χ3v) is 5.20. The van der Waals surface area contributed by atoms with Crippen molar-refractivity contribution in [1.29, 1.82) is 0 Å². The van der Waals surface area contributed by atoms with Crippen molar-refractivity contribution in [3.8, 4) is 29.0 Å². The Kier molecular flexibility index (Phi) is 6.48. The number of ether oxygens (including phenoxy) is 3. The number of hydrogen-bond acceptors (Lipinski definition) is 6. The van der Waals surface area contributed by atoms with E-state index in [1.165, 1.54) is 0 Å². The smallest absolute Gasteiger partial charge is 0.351 e. The van der Waals surface area contributed by atoms with E-state index < -0.39 is 6.10 Å². The van der Waals surface area contributed by atoms with Crippen LogP contribution in [0.2, 0.25) is 0 Å². The second kappa shape index (κ2) is 9.43. The van der Waals surface area contributed by atoms with Gasteiger partial charge in [-0.15, -0.1) is 0 Å². The Morgan fingerprint density at radius 2 is 2.27 bits per heavy atom. The van der Waals surface area contributed by atoms with Gasteiger partial charge in [0.15, 0.2) is 0 Å². The zero-order chi connectivity index (χ0) is 20.9. The van der Waals surface area contributed by atoms with Crippen LogP contribution in [0, 0.1) is 11.8 Å². The molecule has 1 saturated heterocycles. The molecule has 7 heteroatoms. The minimum atomic E-state index is -0.664. The molecule has 1 N–H and O–H groups in total. The summed E-state index contributed by atoms with van der Waals surface area (Å²) in [4.78, 5) is 16.6. The zero-order valence-electron chi connectivity index (χ0n) is 17.1. The summed E-state index contributed by atoms with van der Waals surface area (Å²) in [6.45, 7) is 4.60. The zero-order valence-corrected chi connectivity index (χ0v) is 17.1. The van der Waals surface area contributed by atoms with Crippen molar-refractivity contribution < 1.29 is 19.3 Å². The molecule has 2 aromatic rings. The average Bonchev–Trinajstić information content (AvgIpc) is 2.75. The molecule has 2 aliphatic rings. The Bertz CT molecular complexity index is 1010. The molecule has 1 fully saturated rings. The van der Waals surface area contributed by atoms with E-state index in [1.807, 2.05) is 24.3 Å². The number of aromatic nitrogens is 2. The molecular weight excluding hydrogens is 384 g/mol. The van der Waals surface area contributed by atoms with Gasteiger partial charge in [0.1, 0.15) is 6.10 Å². The van der Waals surface area contributed by atoms with Crippen LogP contribution in [0.25, 0.3) is 11.3 Å². The molecule has 0 aliphatic carbocycles. The van der Waals surface area contributed by atoms with Crippen molar-refractivity contribution in [2.75, 3.05) is 26.4 Å². The van der Waals surface area contributed by atoms with Gasteiger partial charge >= 0.3 is 5.69 Å². The van der Waals surface area contributed by atoms with E-state index in [0.717, 1.165) is 41.6 Å². The molecule has 0 saturated carbocycles. The summed E-state index contributed by atoms with van der Waals surface area (Å²) in [5.74, 6) is 6.08. The third-order valence-electron chi connectivity index (χ3n) is 5.20. The van der Waals surface area contributed by atoms with Gasteiger partial charge in [-0.05, 0) is 43.9 Å². The van der Waals surface area contributed by atoms with E-state index in [-0.39, 0.29) is 11.8 Å². The summed E-state index contributed by atoms with van der Waals surface area (Å²) >= 11 is 0. The molecule has 3 heterocycles. The molecule has 158 valence electrons. The highest BCUT2D eigenvalue weighted by Gasteiger charge is 2.19. The summed E-state index contributed by atoms with van der Waals surface area (Å²) in [6.07, 6.45) is 1.84. The minimum absolute atomic E-state index is 0.113. The normalized spacial score (nSPS) is 18.5. The SMILES string of the molecule is CC(O)C#Cc1ccc2c(c1)CCn1c-2cc(OCCCC2COCCO2)nc1=O. The molecule has 0 bridgehead atoms. The molecule has 7 nitrogen and oxygen atoms in total. The standard InChI is InChI=1S/C23H26N2O5/c1-16(26)4-5-17-6-7-20-18(13-17)8-9-25-21(20)14-22(24-23(25)27)30-10-2-3-19-15-28-11-12-29-19/h6-7,13-14,16,19,26H,2-3,8-12,15H2,1H3. The number of aryl methyl sites for hydroxylation is 1. The summed E-state index contributed by atoms with van der Waals surface area (Å²) in [5, 5.41) is 9.36. The lowest BCUT2D eigenvalue weighted by atomic mass is 9.95. The molecule has 0 spiro atoms. The van der Waals surface area contributed by atoms with E-state index in [4.69, 9.17) is 14.2 Å². The Balaban J connectivity index is 1.47. The largest absolute Gasteiger partial charge is 0.477 e. The van der Waals surface area contributed by atoms with Crippen LogP contribution in [0.4, 0.5) is 0 Å². The maximum absolute atomic E-state index is 12.5. The van der Waals surface area contributed by atoms with Crippen molar-refractivity contribution in [2.24, 2.45) is 0 Å². The fourth-order valence-corrected chi connectivity index (χ4v) is 3.74. The molecule has 1 aromatic heterocycles. The van der Waals surface area contributed by atoms with Crippen LogP contribution in [0.3, 0.4) is 0 Å². The topological polar surface area (TPSA) is 82.8 Å². The van der Waals surface area contributed by atoms with Crippen LogP contribution >= 0.6 is 0 Å². The number of aliphatic hydroxyl groups is 1. The minimum Gasteiger partial charge on any atom is -0.477 e. The molecule has 0 radical (unpaired) electrons. The highest BCUT2D eigenvalue weighted by molar-refractivity contribution is 5.67. The Labute approximate surface area is 175 Å². The van der Waals surface area contributed by atoms with Gasteiger partial charge in [0, 0.05) is 23.7 Å². The highest BCUT2D eigenvalue weighted by Crippen LogP contribution is 2.30. The van der Waals surface area contributed by atoms with Gasteiger partial charge in [0.05, 0.1) is 38.2 Å². The monoisotopic (exact) mass is 410 g/mol. The first-order valence-electron chi connectivity index (χ1n) is 10.4. The molecule has 2 unspecified atom stereocenters. The maximum Gasteiger partial charge on any atom is 0.351 e. The first-order chi connectivity index (χ1) is 14.6. The summed E-state index contributed by atoms with van der Waals surface area (Å²) in [6, 6.07) is 7.73. The van der Waals surface area contributed by atoms with Gasteiger partial charge in [0.2, 0.25) is 5.88 Å². The Morgan fingerprint density at radius 1 is 1.37 bits per heavy atom. The predicted molar refractivity (Wildman–Crippen MR) is 111 cm³/mol. The van der Waals surface area contributed by atoms with Gasteiger partial charge in [-0.1, -0.05) is 17.9 Å². The first kappa shape index (κ1) is 20.6. The van der Waals surface area contributed by atoms with Crippen LogP contribution in [-0.4, -0.2) is 53.3 Å². The van der Waals surface area contributed by atoms with Gasteiger partial charge in [-0.3, -0.25) is 4.57 Å². The van der Waals surface area contributed by atoms with Gasteiger partial charge in [-0.2, -0.15) is 4.98 Å². The number of nitrogens with zero attached hydrogens (tertiary/aromatic N) is 2. The molecule has 2 aliphatic heterocycles. The molecular formula is C23H26N2O5. The second-order valence-corrected chi connectivity index (χ2v) is 7.54. The van der Waals surface area contributed by atoms with E-state index in [2.05, 4.69) is 16.8 Å². The van der Waals surface area contributed by atoms with Gasteiger partial charge in [0.25, 0.3) is 0 Å². The highest BCUT2D eigenvalue weighted by atomic mass is 16.6. The van der Waals surface area contributed by atoms with E-state index >= 15 is 0 Å². The van der Waals surface area contributed by atoms with E-state index in [9.17, 15) is 9.90 Å². The van der Waals surface area contributed by atoms with Crippen LogP contribution in [0.1, 0.15) is 30.9 Å². The predicted octanol–water partition coefficient (Wildman–Crippen LogP) is 1.77. The number of aliphatic hydroxyl groups excluding tert-OH is 1. The van der Waals surface area contributed by atoms with E-state index in [0.29, 0.717) is 38.9 Å². The summed E-state index contributed by atoms with van der Waals surface area (Å²) in [5.41, 5.74) is 3.48. The molecule has 1 aromatic carbocycles. The van der Waals surface area contributed by atoms with Crippen molar-refractivity contribution in [3.05, 3.63) is 45.9 Å². The lowest BCUT2D eigenvalue weighted by Crippen LogP contribution is -2.29. The summed E-state index contributed by atoms with van der Waals surface area (Å²) < 4.78 is 18.5. The van der Waals surface area contributed by atoms with Crippen LogP contribution in [0.15, 0.2) is 29.1 Å². The fourth-order valence-electron chi connectivity index (χ4n) is 3.74. The lowest BCUT2D eigenvalue weighted by Gasteiger charge is -2.23. The number of hydrogen-bond donors (Lipinski definition) is 1. The Hall–Kier alpha value is -2.66. The number of benzene rings is 1. The number of fused-ring (bicyclic) bond motifs is 3. The first-order valence-corrected chi connectivity index (χ1v) is 10.4. The van der Waals surface area contributed by atoms with Crippen LogP contribution in [-0.2, 0) is 22.4 Å². The third kappa shape index (κ3) is 4.90. The fraction of sp³-hybridized carbons (Fsp3) is 0.478. The quantitative estimate of drug-likeness (QED) is 0.598. The maximum atomic E-state index is 12.5. The summed E-state index contributed by atoms with van der Waals surface area (Å²) in [7, 11) is 0. The molecule has 4 rings (SSSR count). The lowest BCUT2D eigenvalue weighted by molar-refractivity contribution is -0.0917. The van der Waals surface area contributed by atoms with E-state index in [1.54, 1.807) is 11.5 Å². The Morgan fingerprint density at radius 3 is 3.07 bits per heavy atom. The van der Waals surface area contributed by atoms with Crippen molar-refractivity contribution in [3.63, 3.8) is 0 Å². The van der Waals surface area contributed by atoms with Crippen LogP contribution in [0.5, 0.6) is 5.88 Å². The van der Waals surface area contributed by atoms with Crippen molar-refractivity contribution in [1.82, 2.24) is 9.55 Å². The van der Waals surface area contributed by atoms with Crippen molar-refractivity contribution in [2.45, 2.75) is 44.9 Å². The molecule has 0 amide bonds. The molecule has 2 atom stereocenters.